The number of fused-ring (bicyclic) bond motifs is 1. The van der Waals surface area contributed by atoms with E-state index in [1.54, 1.807) is 20.1 Å². The predicted molar refractivity (Wildman–Crippen MR) is 90.8 cm³/mol. The normalized spacial score (nSPS) is 12.6. The van der Waals surface area contributed by atoms with E-state index in [4.69, 9.17) is 4.74 Å². The maximum Gasteiger partial charge on any atom is 0.282 e. The lowest BCUT2D eigenvalue weighted by molar-refractivity contribution is -0.385. The summed E-state index contributed by atoms with van der Waals surface area (Å²) in [4.78, 5) is 23.3. The van der Waals surface area contributed by atoms with E-state index in [1.165, 1.54) is 17.7 Å². The van der Waals surface area contributed by atoms with E-state index in [0.717, 1.165) is 30.4 Å². The van der Waals surface area contributed by atoms with Crippen LogP contribution in [0.15, 0.2) is 30.3 Å². The van der Waals surface area contributed by atoms with Gasteiger partial charge in [0.25, 0.3) is 11.6 Å². The average molecular weight is 326 g/mol. The fourth-order valence-electron chi connectivity index (χ4n) is 3.12. The zero-order valence-electron chi connectivity index (χ0n) is 13.6. The maximum absolute atomic E-state index is 12.7. The first kappa shape index (κ1) is 16.0. The van der Waals surface area contributed by atoms with Gasteiger partial charge in [-0.05, 0) is 55.0 Å². The van der Waals surface area contributed by atoms with Crippen LogP contribution in [0.25, 0.3) is 0 Å². The van der Waals surface area contributed by atoms with E-state index in [-0.39, 0.29) is 11.3 Å². The fraction of sp³-hybridized carbons (Fsp3) is 0.278. The molecule has 0 spiro atoms. The summed E-state index contributed by atoms with van der Waals surface area (Å²) in [7, 11) is 1.54. The van der Waals surface area contributed by atoms with Gasteiger partial charge in [-0.3, -0.25) is 14.9 Å². The van der Waals surface area contributed by atoms with Crippen molar-refractivity contribution in [1.82, 2.24) is 0 Å². The first-order valence-electron chi connectivity index (χ1n) is 7.76. The summed E-state index contributed by atoms with van der Waals surface area (Å²) in [6.45, 7) is 1.79. The topological polar surface area (TPSA) is 81.5 Å². The van der Waals surface area contributed by atoms with Crippen molar-refractivity contribution in [3.63, 3.8) is 0 Å². The number of carbonyl (C=O) groups is 1. The molecule has 1 amide bonds. The molecule has 1 aliphatic rings. The smallest absolute Gasteiger partial charge is 0.282 e. The van der Waals surface area contributed by atoms with Crippen molar-refractivity contribution in [2.24, 2.45) is 0 Å². The molecule has 0 atom stereocenters. The number of nitro groups is 1. The number of methoxy groups -OCH3 is 1. The van der Waals surface area contributed by atoms with Gasteiger partial charge in [0, 0.05) is 6.07 Å². The van der Waals surface area contributed by atoms with Gasteiger partial charge in [0.2, 0.25) is 0 Å². The number of aryl methyl sites for hydroxylation is 2. The molecule has 1 N–H and O–H groups in total. The number of nitro benzene ring substituents is 1. The summed E-state index contributed by atoms with van der Waals surface area (Å²) >= 11 is 0. The molecule has 124 valence electrons. The van der Waals surface area contributed by atoms with Crippen LogP contribution in [0.4, 0.5) is 11.4 Å². The first-order chi connectivity index (χ1) is 11.5. The number of ether oxygens (including phenoxy) is 1. The summed E-state index contributed by atoms with van der Waals surface area (Å²) in [5.74, 6) is 0.0725. The Morgan fingerprint density at radius 3 is 2.75 bits per heavy atom. The van der Waals surface area contributed by atoms with Crippen molar-refractivity contribution in [3.05, 3.63) is 62.7 Å². The lowest BCUT2D eigenvalue weighted by Crippen LogP contribution is -2.16. The second kappa shape index (κ2) is 6.31. The first-order valence-corrected chi connectivity index (χ1v) is 7.76. The highest BCUT2D eigenvalue weighted by Crippen LogP contribution is 2.37. The molecule has 2 aromatic rings. The Balaban J connectivity index is 2.01. The summed E-state index contributed by atoms with van der Waals surface area (Å²) in [6, 6.07) is 8.34. The monoisotopic (exact) mass is 326 g/mol. The van der Waals surface area contributed by atoms with Crippen molar-refractivity contribution >= 4 is 17.3 Å². The van der Waals surface area contributed by atoms with Crippen molar-refractivity contribution in [1.29, 1.82) is 0 Å². The maximum atomic E-state index is 12.7. The van der Waals surface area contributed by atoms with E-state index in [1.807, 2.05) is 12.1 Å². The quantitative estimate of drug-likeness (QED) is 0.687. The molecule has 0 heterocycles. The Kier molecular flexibility index (Phi) is 4.20. The zero-order valence-corrected chi connectivity index (χ0v) is 13.6. The third-order valence-electron chi connectivity index (χ3n) is 4.30. The molecule has 0 saturated heterocycles. The summed E-state index contributed by atoms with van der Waals surface area (Å²) in [5.41, 5.74) is 3.49. The molecular formula is C18H18N2O4. The number of nitrogens with zero attached hydrogens (tertiary/aromatic N) is 1. The van der Waals surface area contributed by atoms with Gasteiger partial charge in [-0.2, -0.15) is 0 Å². The van der Waals surface area contributed by atoms with Crippen LogP contribution in [0, 0.1) is 17.0 Å². The minimum absolute atomic E-state index is 0.0534. The molecule has 6 nitrogen and oxygen atoms in total. The molecule has 0 bridgehead atoms. The van der Waals surface area contributed by atoms with Crippen molar-refractivity contribution in [2.45, 2.75) is 26.2 Å². The molecule has 0 aliphatic heterocycles. The molecule has 0 radical (unpaired) electrons. The summed E-state index contributed by atoms with van der Waals surface area (Å²) in [5, 5.41) is 14.0. The van der Waals surface area contributed by atoms with Gasteiger partial charge in [0.1, 0.15) is 11.3 Å². The average Bonchev–Trinajstić information content (AvgIpc) is 3.03. The molecule has 0 unspecified atom stereocenters. The molecule has 0 aromatic heterocycles. The fourth-order valence-corrected chi connectivity index (χ4v) is 3.12. The highest BCUT2D eigenvalue weighted by atomic mass is 16.6. The molecule has 3 rings (SSSR count). The lowest BCUT2D eigenvalue weighted by Gasteiger charge is -2.15. The van der Waals surface area contributed by atoms with Crippen LogP contribution in [0.5, 0.6) is 5.75 Å². The predicted octanol–water partition coefficient (Wildman–Crippen LogP) is 3.65. The van der Waals surface area contributed by atoms with Crippen molar-refractivity contribution < 1.29 is 14.5 Å². The van der Waals surface area contributed by atoms with Gasteiger partial charge >= 0.3 is 0 Å². The minimum Gasteiger partial charge on any atom is -0.495 e. The number of anilines is 1. The molecular weight excluding hydrogens is 308 g/mol. The van der Waals surface area contributed by atoms with E-state index < -0.39 is 10.8 Å². The van der Waals surface area contributed by atoms with E-state index in [2.05, 4.69) is 5.32 Å². The third kappa shape index (κ3) is 2.82. The number of amides is 1. The Morgan fingerprint density at radius 1 is 1.25 bits per heavy atom. The SMILES string of the molecule is COc1ccc2c(c1NC(=O)c1cc(C)ccc1[N+](=O)[O-])CCC2. The largest absolute Gasteiger partial charge is 0.495 e. The van der Waals surface area contributed by atoms with Crippen LogP contribution in [-0.2, 0) is 12.8 Å². The third-order valence-corrected chi connectivity index (χ3v) is 4.30. The Morgan fingerprint density at radius 2 is 2.04 bits per heavy atom. The second-order valence-corrected chi connectivity index (χ2v) is 5.87. The second-order valence-electron chi connectivity index (χ2n) is 5.87. The van der Waals surface area contributed by atoms with Gasteiger partial charge in [0.15, 0.2) is 0 Å². The number of rotatable bonds is 4. The summed E-state index contributed by atoms with van der Waals surface area (Å²) < 4.78 is 5.36. The minimum atomic E-state index is -0.541. The number of nitrogens with one attached hydrogen (secondary N) is 1. The molecule has 0 saturated carbocycles. The number of benzene rings is 2. The van der Waals surface area contributed by atoms with Gasteiger partial charge in [-0.15, -0.1) is 0 Å². The van der Waals surface area contributed by atoms with Crippen LogP contribution < -0.4 is 10.1 Å². The van der Waals surface area contributed by atoms with Gasteiger partial charge in [0.05, 0.1) is 17.7 Å². The standard InChI is InChI=1S/C18H18N2O4/c1-11-6-8-15(20(22)23)14(10-11)18(21)19-17-13-5-3-4-12(13)7-9-16(17)24-2/h6-10H,3-5H2,1-2H3,(H,19,21). The van der Waals surface area contributed by atoms with Crippen LogP contribution >= 0.6 is 0 Å². The van der Waals surface area contributed by atoms with E-state index in [9.17, 15) is 14.9 Å². The van der Waals surface area contributed by atoms with Crippen LogP contribution in [0.1, 0.15) is 33.5 Å². The van der Waals surface area contributed by atoms with Crippen LogP contribution in [-0.4, -0.2) is 17.9 Å². The number of hydrogen-bond donors (Lipinski definition) is 1. The van der Waals surface area contributed by atoms with Crippen molar-refractivity contribution in [2.75, 3.05) is 12.4 Å². The lowest BCUT2D eigenvalue weighted by atomic mass is 10.1. The summed E-state index contributed by atoms with van der Waals surface area (Å²) in [6.07, 6.45) is 2.85. The zero-order chi connectivity index (χ0) is 17.3. The highest BCUT2D eigenvalue weighted by Gasteiger charge is 2.24. The van der Waals surface area contributed by atoms with Gasteiger partial charge in [-0.25, -0.2) is 0 Å². The van der Waals surface area contributed by atoms with Gasteiger partial charge < -0.3 is 10.1 Å². The van der Waals surface area contributed by atoms with E-state index >= 15 is 0 Å². The molecule has 6 heteroatoms. The van der Waals surface area contributed by atoms with Crippen LogP contribution in [0.2, 0.25) is 0 Å². The highest BCUT2D eigenvalue weighted by molar-refractivity contribution is 6.08. The van der Waals surface area contributed by atoms with Crippen molar-refractivity contribution in [3.8, 4) is 5.75 Å². The van der Waals surface area contributed by atoms with Crippen LogP contribution in [0.3, 0.4) is 0 Å². The molecule has 0 fully saturated rings. The molecule has 2 aromatic carbocycles. The molecule has 1 aliphatic carbocycles. The van der Waals surface area contributed by atoms with E-state index in [0.29, 0.717) is 11.4 Å². The number of carbonyl (C=O) groups excluding carboxylic acids is 1. The Labute approximate surface area is 139 Å². The molecule has 24 heavy (non-hydrogen) atoms. The Bertz CT molecular complexity index is 830. The Hall–Kier alpha value is -2.89. The van der Waals surface area contributed by atoms with Gasteiger partial charge in [-0.1, -0.05) is 12.1 Å². The number of hydrogen-bond acceptors (Lipinski definition) is 4.